The van der Waals surface area contributed by atoms with Crippen LogP contribution in [0.3, 0.4) is 0 Å². The number of rotatable bonds is 6. The minimum Gasteiger partial charge on any atom is -0.338 e. The van der Waals surface area contributed by atoms with Gasteiger partial charge in [0.25, 0.3) is 0 Å². The normalized spacial score (nSPS) is 13.6. The Balaban J connectivity index is 2.02. The third-order valence-corrected chi connectivity index (χ3v) is 4.60. The molecule has 2 atom stereocenters. The molecular weight excluding hydrogens is 328 g/mol. The van der Waals surface area contributed by atoms with Crippen LogP contribution in [0.5, 0.6) is 0 Å². The van der Waals surface area contributed by atoms with E-state index in [0.717, 1.165) is 12.1 Å². The molecule has 2 aromatic rings. The van der Waals surface area contributed by atoms with Crippen molar-refractivity contribution < 1.29 is 22.3 Å². The van der Waals surface area contributed by atoms with Crippen LogP contribution in [-0.4, -0.2) is 25.5 Å². The summed E-state index contributed by atoms with van der Waals surface area (Å²) in [6.07, 6.45) is 0.568. The highest BCUT2D eigenvalue weighted by molar-refractivity contribution is 7.85. The van der Waals surface area contributed by atoms with Gasteiger partial charge in [-0.2, -0.15) is 4.98 Å². The summed E-state index contributed by atoms with van der Waals surface area (Å²) in [6, 6.07) is 3.22. The maximum absolute atomic E-state index is 13.5. The van der Waals surface area contributed by atoms with E-state index in [0.29, 0.717) is 12.2 Å². The van der Waals surface area contributed by atoms with Crippen molar-refractivity contribution in [2.45, 2.75) is 31.3 Å². The van der Waals surface area contributed by atoms with Crippen molar-refractivity contribution in [2.24, 2.45) is 0 Å². The number of carbonyl (C=O) groups excluding carboxylic acids is 1. The lowest BCUT2D eigenvalue weighted by molar-refractivity contribution is -0.115. The lowest BCUT2D eigenvalue weighted by atomic mass is 10.3. The van der Waals surface area contributed by atoms with Gasteiger partial charge in [-0.05, 0) is 19.1 Å². The van der Waals surface area contributed by atoms with E-state index in [2.05, 4.69) is 15.5 Å². The van der Waals surface area contributed by atoms with Gasteiger partial charge >= 0.3 is 0 Å². The highest BCUT2D eigenvalue weighted by Gasteiger charge is 2.24. The summed E-state index contributed by atoms with van der Waals surface area (Å²) in [5, 5.41) is 4.77. The van der Waals surface area contributed by atoms with Crippen molar-refractivity contribution in [3.05, 3.63) is 41.5 Å². The molecule has 0 spiro atoms. The molecule has 0 unspecified atom stereocenters. The van der Waals surface area contributed by atoms with Crippen molar-refractivity contribution in [1.82, 2.24) is 10.1 Å². The second-order valence-corrected chi connectivity index (χ2v) is 6.47. The molecule has 2 rings (SSSR count). The zero-order valence-corrected chi connectivity index (χ0v) is 13.3. The fraction of sp³-hybridized carbons (Fsp3) is 0.357. The zero-order chi connectivity index (χ0) is 17.0. The van der Waals surface area contributed by atoms with Gasteiger partial charge in [-0.25, -0.2) is 8.78 Å². The number of aryl methyl sites for hydroxylation is 1. The van der Waals surface area contributed by atoms with E-state index >= 15 is 0 Å². The monoisotopic (exact) mass is 343 g/mol. The fourth-order valence-corrected chi connectivity index (χ4v) is 2.61. The molecule has 0 saturated carbocycles. The Morgan fingerprint density at radius 2 is 2.04 bits per heavy atom. The predicted molar refractivity (Wildman–Crippen MR) is 80.0 cm³/mol. The Bertz CT molecular complexity index is 716. The molecule has 0 aliphatic heterocycles. The maximum atomic E-state index is 13.5. The number of para-hydroxylation sites is 1. The zero-order valence-electron chi connectivity index (χ0n) is 12.5. The number of hydrogen-bond acceptors (Lipinski definition) is 5. The van der Waals surface area contributed by atoms with Crippen LogP contribution in [0.4, 0.5) is 14.5 Å². The molecule has 6 nitrogen and oxygen atoms in total. The molecule has 1 aromatic carbocycles. The lowest BCUT2D eigenvalue weighted by Gasteiger charge is -2.12. The summed E-state index contributed by atoms with van der Waals surface area (Å²) in [7, 11) is -1.67. The van der Waals surface area contributed by atoms with Crippen molar-refractivity contribution >= 4 is 22.4 Å². The molecule has 0 saturated heterocycles. The number of nitrogens with one attached hydrogen (secondary N) is 1. The first kappa shape index (κ1) is 17.2. The van der Waals surface area contributed by atoms with Crippen LogP contribution >= 0.6 is 0 Å². The molecule has 0 fully saturated rings. The number of nitrogens with zero attached hydrogens (tertiary/aromatic N) is 2. The number of benzene rings is 1. The summed E-state index contributed by atoms with van der Waals surface area (Å²) >= 11 is 0. The Kier molecular flexibility index (Phi) is 5.54. The van der Waals surface area contributed by atoms with E-state index in [1.54, 1.807) is 0 Å². The van der Waals surface area contributed by atoms with Crippen LogP contribution in [0.2, 0.25) is 0 Å². The van der Waals surface area contributed by atoms with Gasteiger partial charge in [0.05, 0.1) is 0 Å². The standard InChI is InChI=1S/C14H15F2N3O3S/c1-3-11-17-12(22-19-11)7-23(21)8(2)14(20)18-13-9(15)5-4-6-10(13)16/h4-6,8H,3,7H2,1-2H3,(H,18,20)/t8-,23+/m0/s1. The summed E-state index contributed by atoms with van der Waals surface area (Å²) in [6.45, 7) is 3.23. The van der Waals surface area contributed by atoms with E-state index in [9.17, 15) is 17.8 Å². The fourth-order valence-electron chi connectivity index (χ4n) is 1.70. The molecule has 0 bridgehead atoms. The van der Waals surface area contributed by atoms with Crippen molar-refractivity contribution in [3.8, 4) is 0 Å². The second-order valence-electron chi connectivity index (χ2n) is 4.71. The van der Waals surface area contributed by atoms with Crippen LogP contribution in [0, 0.1) is 11.6 Å². The SMILES string of the molecule is CCc1noc(C[S@@](=O)[C@@H](C)C(=O)Nc2c(F)cccc2F)n1. The third kappa shape index (κ3) is 4.19. The number of anilines is 1. The van der Waals surface area contributed by atoms with Gasteiger partial charge in [-0.1, -0.05) is 18.1 Å². The highest BCUT2D eigenvalue weighted by atomic mass is 32.2. The molecule has 0 aliphatic rings. The van der Waals surface area contributed by atoms with Crippen LogP contribution in [0.1, 0.15) is 25.6 Å². The molecule has 1 aromatic heterocycles. The van der Waals surface area contributed by atoms with Gasteiger partial charge in [0.2, 0.25) is 11.8 Å². The van der Waals surface area contributed by atoms with Gasteiger partial charge in [0.15, 0.2) is 5.82 Å². The molecule has 1 amide bonds. The van der Waals surface area contributed by atoms with E-state index in [-0.39, 0.29) is 11.6 Å². The summed E-state index contributed by atoms with van der Waals surface area (Å²) in [5.41, 5.74) is -0.563. The topological polar surface area (TPSA) is 85.1 Å². The average Bonchev–Trinajstić information content (AvgIpc) is 2.97. The molecule has 0 aliphatic carbocycles. The lowest BCUT2D eigenvalue weighted by Crippen LogP contribution is -2.30. The van der Waals surface area contributed by atoms with E-state index in [4.69, 9.17) is 4.52 Å². The molecule has 1 N–H and O–H groups in total. The Hall–Kier alpha value is -2.16. The summed E-state index contributed by atoms with van der Waals surface area (Å²) in [5.74, 6) is -2.05. The minimum absolute atomic E-state index is 0.110. The predicted octanol–water partition coefficient (Wildman–Crippen LogP) is 2.19. The minimum atomic E-state index is -1.67. The van der Waals surface area contributed by atoms with Crippen LogP contribution in [0.25, 0.3) is 0 Å². The Morgan fingerprint density at radius 3 is 2.61 bits per heavy atom. The van der Waals surface area contributed by atoms with Gasteiger partial charge in [0, 0.05) is 17.2 Å². The van der Waals surface area contributed by atoms with Crippen LogP contribution in [0.15, 0.2) is 22.7 Å². The summed E-state index contributed by atoms with van der Waals surface area (Å²) < 4.78 is 44.1. The maximum Gasteiger partial charge on any atom is 0.240 e. The first-order valence-electron chi connectivity index (χ1n) is 6.85. The highest BCUT2D eigenvalue weighted by Crippen LogP contribution is 2.19. The molecule has 0 radical (unpaired) electrons. The van der Waals surface area contributed by atoms with Gasteiger partial charge < -0.3 is 9.84 Å². The number of aromatic nitrogens is 2. The molecule has 1 heterocycles. The van der Waals surface area contributed by atoms with Gasteiger partial charge in [0.1, 0.15) is 28.3 Å². The molecule has 9 heteroatoms. The third-order valence-electron chi connectivity index (χ3n) is 3.07. The van der Waals surface area contributed by atoms with Gasteiger partial charge in [-0.3, -0.25) is 9.00 Å². The van der Waals surface area contributed by atoms with E-state index in [1.165, 1.54) is 13.0 Å². The molecule has 23 heavy (non-hydrogen) atoms. The number of carbonyl (C=O) groups is 1. The number of halogens is 2. The first-order chi connectivity index (χ1) is 10.9. The average molecular weight is 343 g/mol. The first-order valence-corrected chi connectivity index (χ1v) is 8.24. The van der Waals surface area contributed by atoms with Crippen molar-refractivity contribution in [2.75, 3.05) is 5.32 Å². The quantitative estimate of drug-likeness (QED) is 0.869. The van der Waals surface area contributed by atoms with Crippen LogP contribution < -0.4 is 5.32 Å². The van der Waals surface area contributed by atoms with E-state index < -0.39 is 39.3 Å². The largest absolute Gasteiger partial charge is 0.338 e. The van der Waals surface area contributed by atoms with E-state index in [1.807, 2.05) is 6.92 Å². The number of hydrogen-bond donors (Lipinski definition) is 1. The van der Waals surface area contributed by atoms with Crippen LogP contribution in [-0.2, 0) is 27.8 Å². The molecule has 124 valence electrons. The Labute approximate surface area is 133 Å². The molecular formula is C14H15F2N3O3S. The Morgan fingerprint density at radius 1 is 1.39 bits per heavy atom. The van der Waals surface area contributed by atoms with Crippen molar-refractivity contribution in [3.63, 3.8) is 0 Å². The summed E-state index contributed by atoms with van der Waals surface area (Å²) in [4.78, 5) is 16.0. The number of amides is 1. The van der Waals surface area contributed by atoms with Gasteiger partial charge in [-0.15, -0.1) is 0 Å². The second kappa shape index (κ2) is 7.40. The van der Waals surface area contributed by atoms with Crippen molar-refractivity contribution in [1.29, 1.82) is 0 Å². The smallest absolute Gasteiger partial charge is 0.240 e.